The lowest BCUT2D eigenvalue weighted by Crippen LogP contribution is -2.49. The maximum absolute atomic E-state index is 12.8. The van der Waals surface area contributed by atoms with E-state index in [9.17, 15) is 122 Å². The molecule has 680 valence electrons. The van der Waals surface area contributed by atoms with Gasteiger partial charge < -0.3 is 90.7 Å². The molecule has 10 N–H and O–H groups in total. The number of aromatic carboxylic acids is 2. The van der Waals surface area contributed by atoms with E-state index < -0.39 is 108 Å². The molecule has 4 aliphatic heterocycles. The molecule has 0 aliphatic carbocycles. The highest BCUT2D eigenvalue weighted by atomic mass is 16.4. The number of hydrogen-bond acceptors (Lipinski definition) is 36. The van der Waals surface area contributed by atoms with Crippen molar-refractivity contribution in [1.82, 2.24) is 68.6 Å². The molecule has 0 unspecified atom stereocenters. The van der Waals surface area contributed by atoms with Crippen LogP contribution in [0.2, 0.25) is 0 Å². The molecule has 4 saturated heterocycles. The van der Waals surface area contributed by atoms with Crippen molar-refractivity contribution in [2.45, 2.75) is 25.7 Å². The fourth-order valence-corrected chi connectivity index (χ4v) is 13.2. The predicted octanol–water partition coefficient (Wildman–Crippen LogP) is -11.2. The van der Waals surface area contributed by atoms with Crippen molar-refractivity contribution in [3.05, 3.63) is 70.8 Å². The number of nitrogens with zero attached hydrogens (tertiary/aromatic N) is 14. The quantitative estimate of drug-likeness (QED) is 0.0279. The Morgan fingerprint density at radius 3 is 0.434 bits per heavy atom. The van der Waals surface area contributed by atoms with Crippen LogP contribution in [0, 0.1) is 0 Å². The van der Waals surface area contributed by atoms with E-state index in [0.29, 0.717) is 142 Å². The summed E-state index contributed by atoms with van der Waals surface area (Å²) in [4.78, 5) is 227. The van der Waals surface area contributed by atoms with Gasteiger partial charge in [0.2, 0.25) is 0 Å². The number of hydrogen-bond donors (Lipinski definition) is 10. The van der Waals surface area contributed by atoms with E-state index in [0.717, 1.165) is 0 Å². The zero-order chi connectivity index (χ0) is 91.0. The van der Waals surface area contributed by atoms with Gasteiger partial charge in [-0.2, -0.15) is 0 Å². The largest absolute Gasteiger partial charge is 0.550 e. The van der Waals surface area contributed by atoms with Gasteiger partial charge in [0.15, 0.2) is 23.1 Å². The minimum Gasteiger partial charge on any atom is -0.550 e. The van der Waals surface area contributed by atoms with Gasteiger partial charge in [0.05, 0.1) is 104 Å². The number of ketones is 4. The Morgan fingerprint density at radius 2 is 0.320 bits per heavy atom. The van der Waals surface area contributed by atoms with Crippen LogP contribution in [0.25, 0.3) is 0 Å². The maximum Gasteiger partial charge on any atom is 0.317 e. The molecule has 4 aliphatic rings. The highest BCUT2D eigenvalue weighted by Gasteiger charge is 2.27. The maximum atomic E-state index is 12.8. The van der Waals surface area contributed by atoms with Gasteiger partial charge in [0.25, 0.3) is 0 Å². The Kier molecular flexibility index (Phi) is 49.6. The third-order valence-electron chi connectivity index (χ3n) is 19.3. The minimum absolute atomic E-state index is 0.0122. The van der Waals surface area contributed by atoms with Crippen molar-refractivity contribution in [3.63, 3.8) is 0 Å². The van der Waals surface area contributed by atoms with Gasteiger partial charge >= 0.3 is 59.7 Å². The lowest BCUT2D eigenvalue weighted by molar-refractivity contribution is -0.306. The third-order valence-corrected chi connectivity index (χ3v) is 19.3. The van der Waals surface area contributed by atoms with E-state index in [-0.39, 0.29) is 180 Å². The number of carbonyl (C=O) groups is 18. The molecule has 4 heterocycles. The van der Waals surface area contributed by atoms with E-state index in [1.807, 2.05) is 9.80 Å². The summed E-state index contributed by atoms with van der Waals surface area (Å²) < 4.78 is 0. The minimum atomic E-state index is -1.49. The van der Waals surface area contributed by atoms with E-state index >= 15 is 0 Å². The highest BCUT2D eigenvalue weighted by Crippen LogP contribution is 2.12. The molecule has 0 radical (unpaired) electrons. The van der Waals surface area contributed by atoms with Crippen molar-refractivity contribution >= 4 is 107 Å². The molecule has 0 amide bonds. The second-order valence-electron chi connectivity index (χ2n) is 29.4. The number of carbonyl (C=O) groups excluding carboxylic acids is 8. The highest BCUT2D eigenvalue weighted by molar-refractivity contribution is 5.95. The lowest BCUT2D eigenvalue weighted by atomic mass is 10.1. The summed E-state index contributed by atoms with van der Waals surface area (Å²) in [6.45, 7) is 7.52. The van der Waals surface area contributed by atoms with Gasteiger partial charge in [-0.05, 0) is 22.3 Å². The molecule has 122 heavy (non-hydrogen) atoms. The molecular formula is C76H110N14O32-4. The van der Waals surface area contributed by atoms with Crippen molar-refractivity contribution in [3.8, 4) is 0 Å². The summed E-state index contributed by atoms with van der Waals surface area (Å²) in [5.41, 5.74) is 1.39. The average Bonchev–Trinajstić information content (AvgIpc) is 1.16. The van der Waals surface area contributed by atoms with Crippen LogP contribution in [0.3, 0.4) is 0 Å². The number of carboxylic acids is 14. The van der Waals surface area contributed by atoms with Gasteiger partial charge in [-0.15, -0.1) is 0 Å². The summed E-state index contributed by atoms with van der Waals surface area (Å²) >= 11 is 0. The fraction of sp³-hybridized carbons (Fsp3) is 0.605. The van der Waals surface area contributed by atoms with Gasteiger partial charge in [-0.3, -0.25) is 136 Å². The Hall–Kier alpha value is -10.9. The molecule has 0 atom stereocenters. The van der Waals surface area contributed by atoms with Crippen molar-refractivity contribution in [1.29, 1.82) is 0 Å². The molecule has 6 rings (SSSR count). The lowest BCUT2D eigenvalue weighted by Gasteiger charge is -2.32. The molecule has 2 aromatic carbocycles. The monoisotopic (exact) mass is 1730 g/mol. The Morgan fingerprint density at radius 1 is 0.197 bits per heavy atom. The normalized spacial score (nSPS) is 17.8. The molecule has 0 saturated carbocycles. The first kappa shape index (κ1) is 105. The molecule has 0 bridgehead atoms. The van der Waals surface area contributed by atoms with Crippen LogP contribution in [-0.2, 0) is 89.6 Å². The van der Waals surface area contributed by atoms with Crippen molar-refractivity contribution in [2.75, 3.05) is 275 Å². The van der Waals surface area contributed by atoms with Crippen molar-refractivity contribution < 1.29 is 158 Å². The van der Waals surface area contributed by atoms with Gasteiger partial charge in [-0.1, -0.05) is 48.5 Å². The molecule has 46 nitrogen and oxygen atoms in total. The first-order chi connectivity index (χ1) is 57.5. The van der Waals surface area contributed by atoms with Gasteiger partial charge in [0.1, 0.15) is 0 Å². The number of Topliss-reactive ketones (excluding diaryl/α,β-unsaturated/α-hetero) is 4. The molecule has 4 fully saturated rings. The van der Waals surface area contributed by atoms with Crippen LogP contribution in [0.15, 0.2) is 48.5 Å². The average molecular weight is 1730 g/mol. The first-order valence-electron chi connectivity index (χ1n) is 38.9. The van der Waals surface area contributed by atoms with E-state index in [1.54, 1.807) is 83.1 Å². The Balaban J connectivity index is 0.000000425. The Labute approximate surface area is 702 Å². The van der Waals surface area contributed by atoms with E-state index in [1.165, 1.54) is 24.3 Å². The van der Waals surface area contributed by atoms with E-state index in [4.69, 9.17) is 35.7 Å². The summed E-state index contributed by atoms with van der Waals surface area (Å²) in [5, 5.41) is 134. The SMILES string of the molecule is O=C(O)CN1CCN(CC(=O)O)CCN(CC(=O)Cc2ccc(C(=O)[O-])cc2)CC1.O=C(O)CN1CCN(CC(=O)O)CCN(CC(=O)Cc2ccc(C(=O)[O-])cc2)CCN(CC(=O)O)CC1.O=C([O-])CC(=O)CN1CCN(CC(=O)O)CCN(CC(=O)O)CC1.O=C([O-])CC(=O)CN1CCN(CC(=O)O)CCN(CC(=O)O)CCN(CC(=O)O)CC1. The summed E-state index contributed by atoms with van der Waals surface area (Å²) in [5.74, 6) is -16.9. The summed E-state index contributed by atoms with van der Waals surface area (Å²) in [6, 6.07) is 11.8. The standard InChI is InChI=1S/C24H34N4O9.C20H27N3O7.C18H30N4O9.C14H23N3O7/c29-20(13-18-1-3-19(4-2-18)24(36)37)14-25-5-7-26(15-21(30)31)9-11-28(17-23(34)35)12-10-27(8-6-25)16-22(32)33;24-17(11-15-1-3-16(4-2-15)20(29)30)12-21-5-7-22(13-18(25)26)9-10-23(8-6-21)14-19(27)28;23-14(9-15(24)25)10-19-1-3-20(11-16(26)27)5-7-22(13-18(30)31)8-6-21(4-2-19)12-17(28)29;18-11(7-12(19)20)8-15-1-3-16(9-13(21)22)5-6-17(4-2-15)10-14(23)24/h1-4H,5-17H2,(H,30,31)(H,32,33)(H,34,35)(H,36,37);1-4H,5-14H2,(H,25,26)(H,27,28)(H,29,30);1-13H2,(H,24,25)(H,26,27)(H,28,29)(H,30,31);1-10H2,(H,19,20)(H,21,22)(H,23,24)/p-4. The zero-order valence-corrected chi connectivity index (χ0v) is 67.9. The van der Waals surface area contributed by atoms with Crippen LogP contribution in [0.5, 0.6) is 0 Å². The smallest absolute Gasteiger partial charge is 0.317 e. The number of rotatable bonds is 38. The summed E-state index contributed by atoms with van der Waals surface area (Å²) in [6.07, 6.45) is -1.19. The van der Waals surface area contributed by atoms with Crippen LogP contribution in [0.4, 0.5) is 0 Å². The number of carboxylic acid groups (broad SMARTS) is 14. The van der Waals surface area contributed by atoms with Gasteiger partial charge in [-0.25, -0.2) is 0 Å². The second kappa shape index (κ2) is 57.4. The molecule has 46 heteroatoms. The molecule has 0 spiro atoms. The fourth-order valence-electron chi connectivity index (χ4n) is 13.2. The second-order valence-corrected chi connectivity index (χ2v) is 29.4. The van der Waals surface area contributed by atoms with Crippen LogP contribution >= 0.6 is 0 Å². The number of benzene rings is 2. The topological polar surface area (TPSA) is 647 Å². The van der Waals surface area contributed by atoms with Crippen LogP contribution in [0.1, 0.15) is 44.7 Å². The predicted molar refractivity (Wildman–Crippen MR) is 415 cm³/mol. The zero-order valence-electron chi connectivity index (χ0n) is 67.9. The van der Waals surface area contributed by atoms with Crippen LogP contribution in [-0.4, -0.2) is 501 Å². The molecular weight excluding hydrogens is 1620 g/mol. The molecule has 0 aromatic heterocycles. The summed E-state index contributed by atoms with van der Waals surface area (Å²) in [7, 11) is 0. The van der Waals surface area contributed by atoms with E-state index in [2.05, 4.69) is 0 Å². The first-order valence-corrected chi connectivity index (χ1v) is 38.9. The van der Waals surface area contributed by atoms with Gasteiger partial charge in [0, 0.05) is 221 Å². The molecule has 2 aromatic rings. The Bertz CT molecular complexity index is 3680. The van der Waals surface area contributed by atoms with Crippen LogP contribution < -0.4 is 20.4 Å². The number of aliphatic carboxylic acids is 12. The van der Waals surface area contributed by atoms with Crippen molar-refractivity contribution in [2.24, 2.45) is 0 Å². The third kappa shape index (κ3) is 50.4.